The fourth-order valence-corrected chi connectivity index (χ4v) is 7.16. The van der Waals surface area contributed by atoms with Crippen molar-refractivity contribution in [3.8, 4) is 11.3 Å². The average molecular weight is 460 g/mol. The van der Waals surface area contributed by atoms with Crippen molar-refractivity contribution in [1.29, 1.82) is 0 Å². The highest BCUT2D eigenvalue weighted by molar-refractivity contribution is 6.00. The van der Waals surface area contributed by atoms with E-state index in [2.05, 4.69) is 53.2 Å². The van der Waals surface area contributed by atoms with Crippen molar-refractivity contribution in [2.24, 2.45) is 5.41 Å². The molecule has 3 aliphatic rings. The molecular weight excluding hydrogens is 429 g/mol. The van der Waals surface area contributed by atoms with E-state index in [1.807, 2.05) is 6.07 Å². The van der Waals surface area contributed by atoms with Gasteiger partial charge in [-0.3, -0.25) is 9.69 Å². The van der Waals surface area contributed by atoms with Crippen LogP contribution in [0.4, 0.5) is 4.39 Å². The topological polar surface area (TPSA) is 49.6 Å². The van der Waals surface area contributed by atoms with Crippen molar-refractivity contribution in [3.05, 3.63) is 77.8 Å². The fraction of sp³-hybridized carbons (Fsp3) is 0.429. The molecule has 6 rings (SSSR count). The smallest absolute Gasteiger partial charge is 0.260 e. The molecule has 3 fully saturated rings. The summed E-state index contributed by atoms with van der Waals surface area (Å²) in [6.45, 7) is 2.38. The lowest BCUT2D eigenvalue weighted by atomic mass is 9.64. The molecule has 2 bridgehead atoms. The normalized spacial score (nSPS) is 30.5. The summed E-state index contributed by atoms with van der Waals surface area (Å²) < 4.78 is 18.8. The molecule has 1 unspecified atom stereocenters. The van der Waals surface area contributed by atoms with Crippen LogP contribution in [-0.2, 0) is 6.42 Å². The number of fused-ring (bicyclic) bond motifs is 1. The molecule has 0 spiro atoms. The van der Waals surface area contributed by atoms with Crippen molar-refractivity contribution < 1.29 is 13.7 Å². The molecule has 3 heterocycles. The van der Waals surface area contributed by atoms with Crippen LogP contribution in [-0.4, -0.2) is 52.1 Å². The van der Waals surface area contributed by atoms with Crippen LogP contribution in [0.5, 0.6) is 0 Å². The number of carbonyl (C=O) groups excluding carboxylic acids is 1. The van der Waals surface area contributed by atoms with Gasteiger partial charge in [0.15, 0.2) is 0 Å². The number of rotatable bonds is 4. The fourth-order valence-electron chi connectivity index (χ4n) is 7.16. The van der Waals surface area contributed by atoms with E-state index < -0.39 is 0 Å². The molecule has 1 aromatic heterocycles. The lowest BCUT2D eigenvalue weighted by molar-refractivity contribution is -0.00397. The highest BCUT2D eigenvalue weighted by Gasteiger charge is 2.63. The first-order chi connectivity index (χ1) is 16.5. The van der Waals surface area contributed by atoms with Crippen LogP contribution in [0.15, 0.2) is 65.4 Å². The summed E-state index contributed by atoms with van der Waals surface area (Å²) in [5, 5.41) is 4.14. The monoisotopic (exact) mass is 459 g/mol. The highest BCUT2D eigenvalue weighted by atomic mass is 19.1. The predicted octanol–water partition coefficient (Wildman–Crippen LogP) is 5.18. The molecule has 0 radical (unpaired) electrons. The Bertz CT molecular complexity index is 1190. The maximum absolute atomic E-state index is 14.2. The van der Waals surface area contributed by atoms with Crippen LogP contribution in [0.3, 0.4) is 0 Å². The van der Waals surface area contributed by atoms with E-state index in [4.69, 9.17) is 4.52 Å². The molecule has 176 valence electrons. The lowest BCUT2D eigenvalue weighted by Crippen LogP contribution is -2.59. The van der Waals surface area contributed by atoms with Gasteiger partial charge >= 0.3 is 0 Å². The Balaban J connectivity index is 1.39. The summed E-state index contributed by atoms with van der Waals surface area (Å²) in [6, 6.07) is 17.7. The third kappa shape index (κ3) is 3.22. The standard InChI is InChI=1S/C28H30FN3O2/c1-28-16-23-22(15-18-7-4-3-5-8-18)31(2)24(28)9-6-10-25(28)32(23)27(33)21-17-34-30-26(21)19-11-13-20(29)14-12-19/h3-5,7-8,11-14,17,22-25H,6,9-10,15-16H2,1-2H3/t22-,23+,24-,25?,28-/m1/s1. The Morgan fingerprint density at radius 2 is 1.85 bits per heavy atom. The number of likely N-dealkylation sites (N-methyl/N-ethyl adjacent to an activating group) is 1. The number of aromatic nitrogens is 1. The van der Waals surface area contributed by atoms with Crippen molar-refractivity contribution in [1.82, 2.24) is 15.0 Å². The van der Waals surface area contributed by atoms with Gasteiger partial charge in [0.25, 0.3) is 5.91 Å². The number of benzene rings is 2. The van der Waals surface area contributed by atoms with Gasteiger partial charge in [-0.05, 0) is 69.0 Å². The zero-order chi connectivity index (χ0) is 23.4. The second-order valence-electron chi connectivity index (χ2n) is 10.5. The Hall–Kier alpha value is -2.99. The molecule has 3 aromatic rings. The molecule has 2 aliphatic heterocycles. The van der Waals surface area contributed by atoms with Gasteiger partial charge in [0.05, 0.1) is 0 Å². The maximum atomic E-state index is 14.2. The van der Waals surface area contributed by atoms with E-state index >= 15 is 0 Å². The van der Waals surface area contributed by atoms with Gasteiger partial charge in [-0.2, -0.15) is 0 Å². The number of likely N-dealkylation sites (tertiary alicyclic amines) is 2. The Morgan fingerprint density at radius 1 is 1.12 bits per heavy atom. The molecule has 2 aromatic carbocycles. The number of halogens is 1. The minimum Gasteiger partial charge on any atom is -0.363 e. The SMILES string of the molecule is CN1[C@H](Cc2ccccc2)[C@@H]2C[C@@]3(C)C(CCC[C@@H]13)N2C(=O)c1conc1-c1ccc(F)cc1. The second kappa shape index (κ2) is 8.05. The lowest BCUT2D eigenvalue weighted by Gasteiger charge is -2.51. The van der Waals surface area contributed by atoms with E-state index in [0.29, 0.717) is 22.9 Å². The van der Waals surface area contributed by atoms with Gasteiger partial charge < -0.3 is 9.42 Å². The molecule has 1 amide bonds. The van der Waals surface area contributed by atoms with E-state index in [1.54, 1.807) is 12.1 Å². The number of amides is 1. The van der Waals surface area contributed by atoms with Gasteiger partial charge in [-0.25, -0.2) is 4.39 Å². The average Bonchev–Trinajstić information content (AvgIpc) is 3.44. The molecule has 1 aliphatic carbocycles. The minimum absolute atomic E-state index is 0.0201. The summed E-state index contributed by atoms with van der Waals surface area (Å²) in [7, 11) is 2.25. The molecule has 1 saturated carbocycles. The number of nitrogens with zero attached hydrogens (tertiary/aromatic N) is 3. The first-order valence-corrected chi connectivity index (χ1v) is 12.3. The largest absolute Gasteiger partial charge is 0.363 e. The third-order valence-corrected chi connectivity index (χ3v) is 8.72. The quantitative estimate of drug-likeness (QED) is 0.540. The third-order valence-electron chi connectivity index (χ3n) is 8.72. The van der Waals surface area contributed by atoms with Crippen LogP contribution in [0, 0.1) is 11.2 Å². The zero-order valence-electron chi connectivity index (χ0n) is 19.7. The first-order valence-electron chi connectivity index (χ1n) is 12.3. The Labute approximate surface area is 199 Å². The van der Waals surface area contributed by atoms with Gasteiger partial charge in [0, 0.05) is 35.1 Å². The zero-order valence-corrected chi connectivity index (χ0v) is 19.7. The molecule has 5 atom stereocenters. The van der Waals surface area contributed by atoms with Gasteiger partial charge in [0.1, 0.15) is 23.3 Å². The van der Waals surface area contributed by atoms with Crippen molar-refractivity contribution in [3.63, 3.8) is 0 Å². The molecule has 0 N–H and O–H groups in total. The number of piperidine rings is 1. The van der Waals surface area contributed by atoms with E-state index in [0.717, 1.165) is 25.7 Å². The highest BCUT2D eigenvalue weighted by Crippen LogP contribution is 2.56. The molecule has 34 heavy (non-hydrogen) atoms. The minimum atomic E-state index is -0.318. The van der Waals surface area contributed by atoms with Crippen molar-refractivity contribution >= 4 is 5.91 Å². The molecule has 6 heteroatoms. The summed E-state index contributed by atoms with van der Waals surface area (Å²) in [6.07, 6.45) is 6.72. The predicted molar refractivity (Wildman–Crippen MR) is 128 cm³/mol. The van der Waals surface area contributed by atoms with Crippen molar-refractivity contribution in [2.45, 2.75) is 63.2 Å². The van der Waals surface area contributed by atoms with Crippen LogP contribution in [0.25, 0.3) is 11.3 Å². The number of carbonyl (C=O) groups is 1. The van der Waals surface area contributed by atoms with Gasteiger partial charge in [0.2, 0.25) is 0 Å². The van der Waals surface area contributed by atoms with Crippen LogP contribution >= 0.6 is 0 Å². The number of hydrogen-bond donors (Lipinski definition) is 0. The summed E-state index contributed by atoms with van der Waals surface area (Å²) in [4.78, 5) is 18.9. The summed E-state index contributed by atoms with van der Waals surface area (Å²) >= 11 is 0. The molecule has 5 nitrogen and oxygen atoms in total. The second-order valence-corrected chi connectivity index (χ2v) is 10.5. The van der Waals surface area contributed by atoms with E-state index in [9.17, 15) is 9.18 Å². The van der Waals surface area contributed by atoms with Crippen LogP contribution in [0.1, 0.15) is 48.5 Å². The molecular formula is C28H30FN3O2. The first kappa shape index (κ1) is 21.5. The van der Waals surface area contributed by atoms with Gasteiger partial charge in [-0.1, -0.05) is 42.4 Å². The Morgan fingerprint density at radius 3 is 2.62 bits per heavy atom. The van der Waals surface area contributed by atoms with Crippen LogP contribution in [0.2, 0.25) is 0 Å². The van der Waals surface area contributed by atoms with Crippen LogP contribution < -0.4 is 0 Å². The van der Waals surface area contributed by atoms with Crippen molar-refractivity contribution in [2.75, 3.05) is 7.05 Å². The Kier molecular flexibility index (Phi) is 5.10. The molecule has 2 saturated heterocycles. The van der Waals surface area contributed by atoms with E-state index in [-0.39, 0.29) is 35.3 Å². The maximum Gasteiger partial charge on any atom is 0.260 e. The summed E-state index contributed by atoms with van der Waals surface area (Å²) in [5.74, 6) is -0.338. The van der Waals surface area contributed by atoms with Gasteiger partial charge in [-0.15, -0.1) is 0 Å². The summed E-state index contributed by atoms with van der Waals surface area (Å²) in [5.41, 5.74) is 3.01. The van der Waals surface area contributed by atoms with E-state index in [1.165, 1.54) is 30.4 Å². The number of hydrogen-bond acceptors (Lipinski definition) is 4.